The normalized spacial score (nSPS) is 10.1. The van der Waals surface area contributed by atoms with Crippen LogP contribution in [0.15, 0.2) is 48.5 Å². The molecule has 0 unspecified atom stereocenters. The van der Waals surface area contributed by atoms with Crippen LogP contribution >= 0.6 is 0 Å². The third kappa shape index (κ3) is 3.60. The summed E-state index contributed by atoms with van der Waals surface area (Å²) in [6.07, 6.45) is 0. The number of benzene rings is 2. The maximum absolute atomic E-state index is 11.6. The van der Waals surface area contributed by atoms with Crippen LogP contribution in [0, 0.1) is 10.1 Å². The van der Waals surface area contributed by atoms with Gasteiger partial charge in [0.05, 0.1) is 10.6 Å². The molecule has 6 heteroatoms. The van der Waals surface area contributed by atoms with Crippen molar-refractivity contribution in [2.45, 2.75) is 13.5 Å². The molecule has 1 amide bonds. The Morgan fingerprint density at radius 1 is 1.23 bits per heavy atom. The Bertz CT molecular complexity index is 686. The molecule has 0 aliphatic heterocycles. The minimum Gasteiger partial charge on any atom is -0.487 e. The monoisotopic (exact) mass is 300 g/mol. The van der Waals surface area contributed by atoms with Gasteiger partial charge in [0.1, 0.15) is 12.4 Å². The first-order valence-electron chi connectivity index (χ1n) is 6.68. The highest BCUT2D eigenvalue weighted by Gasteiger charge is 2.17. The summed E-state index contributed by atoms with van der Waals surface area (Å²) < 4.78 is 5.71. The Morgan fingerprint density at radius 2 is 1.91 bits per heavy atom. The number of ether oxygens (including phenoxy) is 1. The van der Waals surface area contributed by atoms with E-state index in [1.54, 1.807) is 7.05 Å². The number of nitro benzene ring substituents is 1. The van der Waals surface area contributed by atoms with Gasteiger partial charge in [-0.15, -0.1) is 0 Å². The first kappa shape index (κ1) is 15.5. The van der Waals surface area contributed by atoms with E-state index in [2.05, 4.69) is 0 Å². The van der Waals surface area contributed by atoms with Gasteiger partial charge in [0.15, 0.2) is 0 Å². The fourth-order valence-electron chi connectivity index (χ4n) is 1.91. The lowest BCUT2D eigenvalue weighted by Crippen LogP contribution is -2.23. The van der Waals surface area contributed by atoms with Crippen LogP contribution in [0.2, 0.25) is 0 Å². The molecule has 0 aliphatic carbocycles. The van der Waals surface area contributed by atoms with Crippen molar-refractivity contribution in [3.63, 3.8) is 0 Å². The minimum absolute atomic E-state index is 0.0878. The number of amides is 1. The molecule has 0 heterocycles. The van der Waals surface area contributed by atoms with E-state index in [1.165, 1.54) is 30.0 Å². The molecule has 6 nitrogen and oxygen atoms in total. The highest BCUT2D eigenvalue weighted by Crippen LogP contribution is 2.32. The van der Waals surface area contributed by atoms with Gasteiger partial charge >= 0.3 is 0 Å². The van der Waals surface area contributed by atoms with Crippen LogP contribution in [-0.4, -0.2) is 17.9 Å². The van der Waals surface area contributed by atoms with E-state index in [4.69, 9.17) is 4.74 Å². The fraction of sp³-hybridized carbons (Fsp3) is 0.188. The van der Waals surface area contributed by atoms with Crippen molar-refractivity contribution in [3.05, 3.63) is 64.2 Å². The highest BCUT2D eigenvalue weighted by atomic mass is 16.6. The number of hydrogen-bond donors (Lipinski definition) is 0. The van der Waals surface area contributed by atoms with Crippen LogP contribution in [0.25, 0.3) is 0 Å². The summed E-state index contributed by atoms with van der Waals surface area (Å²) in [5.74, 6) is 0.192. The first-order chi connectivity index (χ1) is 10.5. The van der Waals surface area contributed by atoms with E-state index in [0.29, 0.717) is 18.0 Å². The lowest BCUT2D eigenvalue weighted by molar-refractivity contribution is -0.384. The number of carbonyl (C=O) groups is 1. The average Bonchev–Trinajstić information content (AvgIpc) is 2.52. The molecule has 0 radical (unpaired) electrons. The summed E-state index contributed by atoms with van der Waals surface area (Å²) >= 11 is 0. The molecular weight excluding hydrogens is 284 g/mol. The Kier molecular flexibility index (Phi) is 4.73. The van der Waals surface area contributed by atoms with Gasteiger partial charge in [0, 0.05) is 26.1 Å². The van der Waals surface area contributed by atoms with Crippen molar-refractivity contribution in [2.24, 2.45) is 0 Å². The van der Waals surface area contributed by atoms with Crippen molar-refractivity contribution >= 4 is 17.3 Å². The Labute approximate surface area is 128 Å². The molecule has 2 rings (SSSR count). The van der Waals surface area contributed by atoms with Crippen LogP contribution < -0.4 is 9.64 Å². The summed E-state index contributed by atoms with van der Waals surface area (Å²) in [6, 6.07) is 13.7. The Balaban J connectivity index is 2.29. The standard InChI is InChI=1S/C16H16N2O4/c1-12(19)17(2)15-10-14(18(20)21)8-9-16(15)22-11-13-6-4-3-5-7-13/h3-10H,11H2,1-2H3. The lowest BCUT2D eigenvalue weighted by atomic mass is 10.2. The van der Waals surface area contributed by atoms with Crippen LogP contribution in [0.1, 0.15) is 12.5 Å². The van der Waals surface area contributed by atoms with Crippen molar-refractivity contribution in [3.8, 4) is 5.75 Å². The quantitative estimate of drug-likeness (QED) is 0.628. The van der Waals surface area contributed by atoms with Crippen molar-refractivity contribution in [1.29, 1.82) is 0 Å². The fourth-order valence-corrected chi connectivity index (χ4v) is 1.91. The van der Waals surface area contributed by atoms with Gasteiger partial charge in [0.25, 0.3) is 5.69 Å². The molecule has 0 bridgehead atoms. The number of rotatable bonds is 5. The molecular formula is C16H16N2O4. The van der Waals surface area contributed by atoms with E-state index in [9.17, 15) is 14.9 Å². The van der Waals surface area contributed by atoms with Crippen LogP contribution in [0.4, 0.5) is 11.4 Å². The van der Waals surface area contributed by atoms with Gasteiger partial charge in [-0.25, -0.2) is 0 Å². The highest BCUT2D eigenvalue weighted by molar-refractivity contribution is 5.93. The number of nitrogens with zero attached hydrogens (tertiary/aromatic N) is 2. The van der Waals surface area contributed by atoms with Gasteiger partial charge in [-0.05, 0) is 11.6 Å². The van der Waals surface area contributed by atoms with Crippen LogP contribution in [0.3, 0.4) is 0 Å². The van der Waals surface area contributed by atoms with Crippen molar-refractivity contribution in [1.82, 2.24) is 0 Å². The van der Waals surface area contributed by atoms with Gasteiger partial charge < -0.3 is 9.64 Å². The number of nitro groups is 1. The lowest BCUT2D eigenvalue weighted by Gasteiger charge is -2.19. The number of carbonyl (C=O) groups excluding carboxylic acids is 1. The largest absolute Gasteiger partial charge is 0.487 e. The van der Waals surface area contributed by atoms with Gasteiger partial charge in [-0.3, -0.25) is 14.9 Å². The number of non-ortho nitro benzene ring substituents is 1. The zero-order chi connectivity index (χ0) is 16.1. The second kappa shape index (κ2) is 6.71. The van der Waals surface area contributed by atoms with Crippen molar-refractivity contribution < 1.29 is 14.5 Å². The topological polar surface area (TPSA) is 72.7 Å². The van der Waals surface area contributed by atoms with Gasteiger partial charge in [0.2, 0.25) is 5.91 Å². The smallest absolute Gasteiger partial charge is 0.271 e. The number of hydrogen-bond acceptors (Lipinski definition) is 4. The van der Waals surface area contributed by atoms with E-state index in [0.717, 1.165) is 5.56 Å². The Hall–Kier alpha value is -2.89. The third-order valence-corrected chi connectivity index (χ3v) is 3.22. The molecule has 22 heavy (non-hydrogen) atoms. The summed E-state index contributed by atoms with van der Waals surface area (Å²) in [5, 5.41) is 10.9. The second-order valence-electron chi connectivity index (χ2n) is 4.76. The molecule has 0 fully saturated rings. The molecule has 0 saturated heterocycles. The van der Waals surface area contributed by atoms with E-state index >= 15 is 0 Å². The van der Waals surface area contributed by atoms with Crippen molar-refractivity contribution in [2.75, 3.05) is 11.9 Å². The summed E-state index contributed by atoms with van der Waals surface area (Å²) in [5.41, 5.74) is 1.25. The van der Waals surface area contributed by atoms with E-state index < -0.39 is 4.92 Å². The molecule has 0 aromatic heterocycles. The maximum atomic E-state index is 11.6. The molecule has 0 spiro atoms. The zero-order valence-electron chi connectivity index (χ0n) is 12.4. The van der Waals surface area contributed by atoms with Gasteiger partial charge in [-0.2, -0.15) is 0 Å². The van der Waals surface area contributed by atoms with Gasteiger partial charge in [-0.1, -0.05) is 30.3 Å². The minimum atomic E-state index is -0.502. The van der Waals surface area contributed by atoms with E-state index in [-0.39, 0.29) is 11.6 Å². The predicted molar refractivity (Wildman–Crippen MR) is 83.0 cm³/mol. The molecule has 0 N–H and O–H groups in total. The van der Waals surface area contributed by atoms with Crippen LogP contribution in [0.5, 0.6) is 5.75 Å². The maximum Gasteiger partial charge on any atom is 0.271 e. The summed E-state index contributed by atoms with van der Waals surface area (Å²) in [7, 11) is 1.55. The molecule has 0 aliphatic rings. The number of anilines is 1. The summed E-state index contributed by atoms with van der Waals surface area (Å²) in [4.78, 5) is 23.3. The third-order valence-electron chi connectivity index (χ3n) is 3.22. The molecule has 114 valence electrons. The average molecular weight is 300 g/mol. The molecule has 2 aromatic rings. The predicted octanol–water partition coefficient (Wildman–Crippen LogP) is 3.16. The van der Waals surface area contributed by atoms with Crippen LogP contribution in [-0.2, 0) is 11.4 Å². The SMILES string of the molecule is CC(=O)N(C)c1cc([N+](=O)[O-])ccc1OCc1ccccc1. The zero-order valence-corrected chi connectivity index (χ0v) is 12.4. The van der Waals surface area contributed by atoms with E-state index in [1.807, 2.05) is 30.3 Å². The first-order valence-corrected chi connectivity index (χ1v) is 6.68. The molecule has 0 saturated carbocycles. The Morgan fingerprint density at radius 3 is 2.50 bits per heavy atom. The molecule has 0 atom stereocenters. The second-order valence-corrected chi connectivity index (χ2v) is 4.76. The summed E-state index contributed by atoms with van der Waals surface area (Å²) in [6.45, 7) is 1.71. The molecule has 2 aromatic carbocycles.